The number of rotatable bonds is 0. The standard InChI is InChI=1S/C8H4BrNO2S/c9-6-3-1-2-5-7(13(11)12)4-10-8(5)6/h1-4H. The summed E-state index contributed by atoms with van der Waals surface area (Å²) in [5.74, 6) is 0. The quantitative estimate of drug-likeness (QED) is 0.663. The monoisotopic (exact) mass is 257 g/mol. The molecule has 0 aliphatic carbocycles. The van der Waals surface area contributed by atoms with Gasteiger partial charge >= 0.3 is 0 Å². The van der Waals surface area contributed by atoms with E-state index in [1.807, 2.05) is 6.07 Å². The van der Waals surface area contributed by atoms with Crippen molar-refractivity contribution >= 4 is 43.0 Å². The fraction of sp³-hybridized carbons (Fsp3) is 0. The molecule has 1 aliphatic rings. The van der Waals surface area contributed by atoms with Crippen LogP contribution in [0.1, 0.15) is 5.56 Å². The highest BCUT2D eigenvalue weighted by molar-refractivity contribution is 9.10. The van der Waals surface area contributed by atoms with Gasteiger partial charge in [-0.15, -0.1) is 0 Å². The Balaban J connectivity index is 2.84. The molecule has 0 atom stereocenters. The number of para-hydroxylation sites is 1. The van der Waals surface area contributed by atoms with E-state index in [4.69, 9.17) is 0 Å². The van der Waals surface area contributed by atoms with Gasteiger partial charge in [-0.1, -0.05) is 12.1 Å². The summed E-state index contributed by atoms with van der Waals surface area (Å²) in [5, 5.41) is 0. The van der Waals surface area contributed by atoms with Gasteiger partial charge < -0.3 is 0 Å². The third-order valence-electron chi connectivity index (χ3n) is 1.74. The van der Waals surface area contributed by atoms with Crippen molar-refractivity contribution in [3.05, 3.63) is 28.2 Å². The van der Waals surface area contributed by atoms with E-state index in [9.17, 15) is 8.42 Å². The molecule has 0 saturated carbocycles. The van der Waals surface area contributed by atoms with E-state index in [1.165, 1.54) is 6.21 Å². The highest BCUT2D eigenvalue weighted by Crippen LogP contribution is 2.32. The summed E-state index contributed by atoms with van der Waals surface area (Å²) >= 11 is 3.30. The molecule has 0 N–H and O–H groups in total. The lowest BCUT2D eigenvalue weighted by Gasteiger charge is -1.97. The lowest BCUT2D eigenvalue weighted by Crippen LogP contribution is -1.97. The zero-order valence-electron chi connectivity index (χ0n) is 6.36. The topological polar surface area (TPSA) is 46.5 Å². The Labute approximate surface area is 84.8 Å². The van der Waals surface area contributed by atoms with Crippen LogP contribution < -0.4 is 0 Å². The zero-order chi connectivity index (χ0) is 9.42. The Morgan fingerprint density at radius 2 is 2.08 bits per heavy atom. The maximum atomic E-state index is 10.7. The van der Waals surface area contributed by atoms with Crippen LogP contribution in [0.3, 0.4) is 0 Å². The third kappa shape index (κ3) is 1.34. The first-order chi connectivity index (χ1) is 6.20. The molecule has 1 aromatic rings. The molecule has 0 fully saturated rings. The first-order valence-electron chi connectivity index (χ1n) is 3.49. The Morgan fingerprint density at radius 1 is 1.31 bits per heavy atom. The van der Waals surface area contributed by atoms with Gasteiger partial charge in [0.05, 0.1) is 11.9 Å². The molecule has 0 spiro atoms. The highest BCUT2D eigenvalue weighted by atomic mass is 79.9. The average Bonchev–Trinajstić information content (AvgIpc) is 2.48. The summed E-state index contributed by atoms with van der Waals surface area (Å²) < 4.78 is 22.3. The predicted molar refractivity (Wildman–Crippen MR) is 55.3 cm³/mol. The van der Waals surface area contributed by atoms with Crippen molar-refractivity contribution in [2.24, 2.45) is 4.99 Å². The van der Waals surface area contributed by atoms with Crippen molar-refractivity contribution in [2.45, 2.75) is 0 Å². The van der Waals surface area contributed by atoms with E-state index in [0.29, 0.717) is 11.3 Å². The fourth-order valence-corrected chi connectivity index (χ4v) is 2.12. The Morgan fingerprint density at radius 3 is 2.77 bits per heavy atom. The number of halogens is 1. The van der Waals surface area contributed by atoms with Gasteiger partial charge in [0.25, 0.3) is 0 Å². The second-order valence-electron chi connectivity index (χ2n) is 2.49. The molecule has 0 amide bonds. The van der Waals surface area contributed by atoms with Crippen molar-refractivity contribution in [3.8, 4) is 0 Å². The van der Waals surface area contributed by atoms with E-state index >= 15 is 0 Å². The Bertz CT molecular complexity index is 523. The molecule has 5 heteroatoms. The minimum absolute atomic E-state index is 0.247. The van der Waals surface area contributed by atoms with Crippen LogP contribution in [-0.2, 0) is 10.3 Å². The third-order valence-corrected chi connectivity index (χ3v) is 3.07. The van der Waals surface area contributed by atoms with Crippen LogP contribution in [0.4, 0.5) is 5.69 Å². The summed E-state index contributed by atoms with van der Waals surface area (Å²) in [6.45, 7) is 0. The van der Waals surface area contributed by atoms with Crippen molar-refractivity contribution < 1.29 is 8.42 Å². The molecule has 0 radical (unpaired) electrons. The molecule has 3 nitrogen and oxygen atoms in total. The summed E-state index contributed by atoms with van der Waals surface area (Å²) in [4.78, 5) is 4.25. The first-order valence-corrected chi connectivity index (χ1v) is 5.36. The smallest absolute Gasteiger partial charge is 0.223 e. The number of hydrogen-bond acceptors (Lipinski definition) is 3. The van der Waals surface area contributed by atoms with E-state index < -0.39 is 10.3 Å². The van der Waals surface area contributed by atoms with Crippen LogP contribution in [0.5, 0.6) is 0 Å². The predicted octanol–water partition coefficient (Wildman–Crippen LogP) is 1.56. The Kier molecular flexibility index (Phi) is 2.05. The first kappa shape index (κ1) is 8.65. The molecule has 66 valence electrons. The molecule has 0 unspecified atom stereocenters. The maximum absolute atomic E-state index is 10.7. The number of benzene rings is 1. The van der Waals surface area contributed by atoms with E-state index in [2.05, 4.69) is 20.9 Å². The Hall–Kier alpha value is -0.940. The maximum Gasteiger partial charge on any atom is 0.223 e. The van der Waals surface area contributed by atoms with Crippen molar-refractivity contribution in [3.63, 3.8) is 0 Å². The number of nitrogens with zero attached hydrogens (tertiary/aromatic N) is 1. The zero-order valence-corrected chi connectivity index (χ0v) is 8.76. The molecule has 1 heterocycles. The van der Waals surface area contributed by atoms with Crippen molar-refractivity contribution in [1.29, 1.82) is 0 Å². The van der Waals surface area contributed by atoms with Crippen LogP contribution in [0.15, 0.2) is 27.7 Å². The summed E-state index contributed by atoms with van der Waals surface area (Å²) in [6.07, 6.45) is 1.36. The molecule has 1 aromatic carbocycles. The summed E-state index contributed by atoms with van der Waals surface area (Å²) in [6, 6.07) is 5.34. The number of fused-ring (bicyclic) bond motifs is 1. The van der Waals surface area contributed by atoms with E-state index in [0.717, 1.165) is 4.47 Å². The van der Waals surface area contributed by atoms with Gasteiger partial charge in [0.1, 0.15) is 4.86 Å². The van der Waals surface area contributed by atoms with E-state index in [1.54, 1.807) is 12.1 Å². The van der Waals surface area contributed by atoms with Crippen molar-refractivity contribution in [2.75, 3.05) is 0 Å². The highest BCUT2D eigenvalue weighted by Gasteiger charge is 2.16. The molecular weight excluding hydrogens is 254 g/mol. The molecule has 0 bridgehead atoms. The molecule has 2 rings (SSSR count). The SMILES string of the molecule is O=S(=O)=C1C=Nc2c(Br)cccc21. The molecule has 13 heavy (non-hydrogen) atoms. The average molecular weight is 258 g/mol. The van der Waals surface area contributed by atoms with Crippen LogP contribution in [0.25, 0.3) is 0 Å². The van der Waals surface area contributed by atoms with Crippen molar-refractivity contribution in [1.82, 2.24) is 0 Å². The second kappa shape index (κ2) is 3.08. The van der Waals surface area contributed by atoms with Crippen LogP contribution in [0, 0.1) is 0 Å². The summed E-state index contributed by atoms with van der Waals surface area (Å²) in [5.41, 5.74) is 1.34. The number of aliphatic imine (C=N–C) groups is 1. The minimum Gasteiger partial charge on any atom is -0.253 e. The minimum atomic E-state index is -2.21. The van der Waals surface area contributed by atoms with Gasteiger partial charge in [-0.3, -0.25) is 4.99 Å². The van der Waals surface area contributed by atoms with Crippen LogP contribution in [0.2, 0.25) is 0 Å². The molecule has 1 aliphatic heterocycles. The van der Waals surface area contributed by atoms with Gasteiger partial charge in [-0.2, -0.15) is 8.42 Å². The molecule has 0 saturated heterocycles. The lowest BCUT2D eigenvalue weighted by atomic mass is 10.2. The second-order valence-corrected chi connectivity index (χ2v) is 4.26. The van der Waals surface area contributed by atoms with Gasteiger partial charge in [0, 0.05) is 10.0 Å². The van der Waals surface area contributed by atoms with Crippen LogP contribution >= 0.6 is 15.9 Å². The summed E-state index contributed by atoms with van der Waals surface area (Å²) in [7, 11) is -2.21. The number of hydrogen-bond donors (Lipinski definition) is 0. The van der Waals surface area contributed by atoms with Gasteiger partial charge in [-0.05, 0) is 22.0 Å². The van der Waals surface area contributed by atoms with Gasteiger partial charge in [0.15, 0.2) is 0 Å². The normalized spacial score (nSPS) is 13.2. The fourth-order valence-electron chi connectivity index (χ4n) is 1.17. The molecular formula is C8H4BrNO2S. The van der Waals surface area contributed by atoms with Crippen LogP contribution in [-0.4, -0.2) is 19.5 Å². The largest absolute Gasteiger partial charge is 0.253 e. The van der Waals surface area contributed by atoms with E-state index in [-0.39, 0.29) is 4.86 Å². The van der Waals surface area contributed by atoms with Gasteiger partial charge in [0.2, 0.25) is 10.3 Å². The van der Waals surface area contributed by atoms with Gasteiger partial charge in [-0.25, -0.2) is 0 Å². The molecule has 0 aromatic heterocycles. The lowest BCUT2D eigenvalue weighted by molar-refractivity contribution is 0.627.